The number of carbonyl (C=O) groups excluding carboxylic acids is 1. The summed E-state index contributed by atoms with van der Waals surface area (Å²) < 4.78 is 13.7. The predicted molar refractivity (Wildman–Crippen MR) is 106 cm³/mol. The van der Waals surface area contributed by atoms with Crippen LogP contribution in [0.2, 0.25) is 0 Å². The van der Waals surface area contributed by atoms with E-state index in [1.165, 1.54) is 6.07 Å². The third-order valence-corrected chi connectivity index (χ3v) is 4.07. The molecule has 2 rings (SSSR count). The maximum Gasteiger partial charge on any atom is 0.227 e. The molecule has 0 aliphatic heterocycles. The van der Waals surface area contributed by atoms with E-state index in [1.807, 2.05) is 32.0 Å². The topological polar surface area (TPSA) is 78.4 Å². The number of aromatic nitrogens is 1. The van der Waals surface area contributed by atoms with Gasteiger partial charge in [0.15, 0.2) is 5.96 Å². The Labute approximate surface area is 159 Å². The van der Waals surface area contributed by atoms with E-state index in [9.17, 15) is 9.18 Å². The van der Waals surface area contributed by atoms with Gasteiger partial charge < -0.3 is 16.0 Å². The first kappa shape index (κ1) is 20.4. The molecular weight excluding hydrogens is 345 g/mol. The summed E-state index contributed by atoms with van der Waals surface area (Å²) in [6, 6.07) is 10.5. The highest BCUT2D eigenvalue weighted by Crippen LogP contribution is 2.16. The summed E-state index contributed by atoms with van der Waals surface area (Å²) in [6.07, 6.45) is 0.268. The van der Waals surface area contributed by atoms with Crippen LogP contribution >= 0.6 is 0 Å². The van der Waals surface area contributed by atoms with Crippen LogP contribution in [-0.2, 0) is 4.79 Å². The van der Waals surface area contributed by atoms with E-state index in [-0.39, 0.29) is 24.2 Å². The van der Waals surface area contributed by atoms with E-state index < -0.39 is 0 Å². The molecule has 0 fully saturated rings. The second kappa shape index (κ2) is 9.66. The Morgan fingerprint density at radius 3 is 2.70 bits per heavy atom. The number of nitrogens with zero attached hydrogens (tertiary/aromatic N) is 2. The minimum atomic E-state index is -0.231. The van der Waals surface area contributed by atoms with Gasteiger partial charge in [0.2, 0.25) is 5.91 Å². The molecule has 1 aromatic heterocycles. The van der Waals surface area contributed by atoms with Gasteiger partial charge in [0.05, 0.1) is 6.04 Å². The normalized spacial score (nSPS) is 12.4. The summed E-state index contributed by atoms with van der Waals surface area (Å²) in [4.78, 5) is 20.4. The summed E-state index contributed by atoms with van der Waals surface area (Å²) in [5.41, 5.74) is 2.28. The molecule has 3 N–H and O–H groups in total. The minimum absolute atomic E-state index is 0.128. The first-order valence-corrected chi connectivity index (χ1v) is 8.85. The van der Waals surface area contributed by atoms with Gasteiger partial charge in [-0.3, -0.25) is 9.79 Å². The van der Waals surface area contributed by atoms with Crippen LogP contribution in [0.1, 0.15) is 36.2 Å². The Bertz CT molecular complexity index is 822. The van der Waals surface area contributed by atoms with Crippen LogP contribution in [0.4, 0.5) is 10.2 Å². The van der Waals surface area contributed by atoms with Gasteiger partial charge in [0.25, 0.3) is 0 Å². The summed E-state index contributed by atoms with van der Waals surface area (Å²) in [6.45, 7) is 5.93. The maximum atomic E-state index is 13.7. The molecule has 1 amide bonds. The number of amides is 1. The first-order chi connectivity index (χ1) is 12.9. The molecule has 27 heavy (non-hydrogen) atoms. The molecule has 0 bridgehead atoms. The third-order valence-electron chi connectivity index (χ3n) is 4.07. The zero-order valence-corrected chi connectivity index (χ0v) is 16.1. The van der Waals surface area contributed by atoms with E-state index in [1.54, 1.807) is 26.1 Å². The number of hydrogen-bond acceptors (Lipinski definition) is 3. The summed E-state index contributed by atoms with van der Waals surface area (Å²) >= 11 is 0. The van der Waals surface area contributed by atoms with Crippen molar-refractivity contribution in [3.63, 3.8) is 0 Å². The van der Waals surface area contributed by atoms with E-state index >= 15 is 0 Å². The number of anilines is 1. The van der Waals surface area contributed by atoms with Crippen molar-refractivity contribution in [3.8, 4) is 0 Å². The SMILES string of the molecule is CN=C(NCCC(=O)Nc1cccc(C)n1)NC(C)c1ccc(C)c(F)c1. The smallest absolute Gasteiger partial charge is 0.227 e. The monoisotopic (exact) mass is 371 g/mol. The molecule has 0 radical (unpaired) electrons. The lowest BCUT2D eigenvalue weighted by molar-refractivity contribution is -0.116. The molecule has 1 unspecified atom stereocenters. The lowest BCUT2D eigenvalue weighted by Gasteiger charge is -2.18. The lowest BCUT2D eigenvalue weighted by atomic mass is 10.1. The van der Waals surface area contributed by atoms with Crippen molar-refractivity contribution >= 4 is 17.7 Å². The molecule has 144 valence electrons. The van der Waals surface area contributed by atoms with Gasteiger partial charge in [-0.1, -0.05) is 18.2 Å². The summed E-state index contributed by atoms with van der Waals surface area (Å²) in [5, 5.41) is 9.04. The van der Waals surface area contributed by atoms with Gasteiger partial charge in [-0.15, -0.1) is 0 Å². The Hall–Kier alpha value is -2.96. The number of benzene rings is 1. The Kier molecular flexibility index (Phi) is 7.28. The van der Waals surface area contributed by atoms with E-state index in [4.69, 9.17) is 0 Å². The molecule has 6 nitrogen and oxygen atoms in total. The predicted octanol–water partition coefficient (Wildman–Crippen LogP) is 3.09. The van der Waals surface area contributed by atoms with Crippen LogP contribution in [-0.4, -0.2) is 30.4 Å². The highest BCUT2D eigenvalue weighted by atomic mass is 19.1. The molecule has 1 heterocycles. The molecule has 0 aliphatic rings. The molecule has 2 aromatic rings. The zero-order valence-electron chi connectivity index (χ0n) is 16.1. The highest BCUT2D eigenvalue weighted by molar-refractivity contribution is 5.90. The number of aliphatic imine (C=N–C) groups is 1. The fraction of sp³-hybridized carbons (Fsp3) is 0.350. The number of carbonyl (C=O) groups is 1. The fourth-order valence-electron chi connectivity index (χ4n) is 2.47. The second-order valence-electron chi connectivity index (χ2n) is 6.34. The van der Waals surface area contributed by atoms with Gasteiger partial charge >= 0.3 is 0 Å². The molecule has 0 saturated heterocycles. The van der Waals surface area contributed by atoms with Crippen LogP contribution < -0.4 is 16.0 Å². The molecule has 1 aromatic carbocycles. The summed E-state index contributed by atoms with van der Waals surface area (Å²) in [5.74, 6) is 0.720. The maximum absolute atomic E-state index is 13.7. The highest BCUT2D eigenvalue weighted by Gasteiger charge is 2.10. The van der Waals surface area contributed by atoms with Crippen molar-refractivity contribution in [2.45, 2.75) is 33.2 Å². The number of rotatable bonds is 6. The van der Waals surface area contributed by atoms with Crippen LogP contribution in [0.3, 0.4) is 0 Å². The third kappa shape index (κ3) is 6.36. The van der Waals surface area contributed by atoms with Crippen molar-refractivity contribution < 1.29 is 9.18 Å². The van der Waals surface area contributed by atoms with Gasteiger partial charge in [-0.25, -0.2) is 9.37 Å². The van der Waals surface area contributed by atoms with Crippen molar-refractivity contribution in [3.05, 3.63) is 59.0 Å². The second-order valence-corrected chi connectivity index (χ2v) is 6.34. The van der Waals surface area contributed by atoms with Crippen LogP contribution in [0.5, 0.6) is 0 Å². The summed E-state index contributed by atoms with van der Waals surface area (Å²) in [7, 11) is 1.65. The van der Waals surface area contributed by atoms with E-state index in [2.05, 4.69) is 25.9 Å². The number of guanidine groups is 1. The van der Waals surface area contributed by atoms with Crippen LogP contribution in [0.25, 0.3) is 0 Å². The van der Waals surface area contributed by atoms with Crippen molar-refractivity contribution in [2.75, 3.05) is 18.9 Å². The standard InChI is InChI=1S/C20H26FN5O/c1-13-8-9-16(12-17(13)21)15(3)25-20(22-4)23-11-10-19(27)26-18-7-5-6-14(2)24-18/h5-9,12,15H,10-11H2,1-4H3,(H2,22,23,25)(H,24,26,27). The van der Waals surface area contributed by atoms with E-state index in [0.717, 1.165) is 11.3 Å². The Balaban J connectivity index is 1.81. The average molecular weight is 371 g/mol. The molecule has 0 spiro atoms. The average Bonchev–Trinajstić information content (AvgIpc) is 2.63. The van der Waals surface area contributed by atoms with Gasteiger partial charge in [-0.05, 0) is 50.1 Å². The van der Waals surface area contributed by atoms with Gasteiger partial charge in [0.1, 0.15) is 11.6 Å². The Morgan fingerprint density at radius 2 is 2.04 bits per heavy atom. The molecule has 7 heteroatoms. The van der Waals surface area contributed by atoms with Crippen LogP contribution in [0, 0.1) is 19.7 Å². The van der Waals surface area contributed by atoms with Crippen LogP contribution in [0.15, 0.2) is 41.4 Å². The fourth-order valence-corrected chi connectivity index (χ4v) is 2.47. The first-order valence-electron chi connectivity index (χ1n) is 8.85. The quantitative estimate of drug-likeness (QED) is 0.539. The van der Waals surface area contributed by atoms with Crippen molar-refractivity contribution in [2.24, 2.45) is 4.99 Å². The van der Waals surface area contributed by atoms with E-state index in [0.29, 0.717) is 23.9 Å². The molecule has 0 saturated carbocycles. The number of halogens is 1. The molecule has 1 atom stereocenters. The largest absolute Gasteiger partial charge is 0.356 e. The van der Waals surface area contributed by atoms with Crippen molar-refractivity contribution in [1.29, 1.82) is 0 Å². The Morgan fingerprint density at radius 1 is 1.26 bits per heavy atom. The minimum Gasteiger partial charge on any atom is -0.356 e. The van der Waals surface area contributed by atoms with Gasteiger partial charge in [-0.2, -0.15) is 0 Å². The number of pyridine rings is 1. The number of nitrogens with one attached hydrogen (secondary N) is 3. The van der Waals surface area contributed by atoms with Crippen molar-refractivity contribution in [1.82, 2.24) is 15.6 Å². The number of hydrogen-bond donors (Lipinski definition) is 3. The molecular formula is C20H26FN5O. The zero-order chi connectivity index (χ0) is 19.8. The molecule has 0 aliphatic carbocycles. The lowest BCUT2D eigenvalue weighted by Crippen LogP contribution is -2.40. The van der Waals surface area contributed by atoms with Gasteiger partial charge in [0, 0.05) is 25.7 Å². The number of aryl methyl sites for hydroxylation is 2.